The number of nitrogens with zero attached hydrogens (tertiary/aromatic N) is 2. The first-order valence-corrected chi connectivity index (χ1v) is 9.69. The SMILES string of the molecule is C[C@H](C(=O)Nc1ccc(F)c(F)c1F)N1CCCN(CC(=O)NC(C)(C)C)CC1. The normalized spacial score (nSPS) is 17.5. The average molecular weight is 414 g/mol. The van der Waals surface area contributed by atoms with Crippen molar-refractivity contribution in [2.75, 3.05) is 38.0 Å². The minimum atomic E-state index is -1.62. The van der Waals surface area contributed by atoms with E-state index in [1.54, 1.807) is 6.92 Å². The molecule has 1 aliphatic rings. The van der Waals surface area contributed by atoms with Crippen LogP contribution in [0, 0.1) is 17.5 Å². The van der Waals surface area contributed by atoms with Crippen LogP contribution < -0.4 is 10.6 Å². The van der Waals surface area contributed by atoms with Crippen molar-refractivity contribution in [1.82, 2.24) is 15.1 Å². The van der Waals surface area contributed by atoms with Crippen LogP contribution in [0.25, 0.3) is 0 Å². The van der Waals surface area contributed by atoms with Crippen molar-refractivity contribution >= 4 is 17.5 Å². The van der Waals surface area contributed by atoms with Gasteiger partial charge in [-0.2, -0.15) is 0 Å². The minimum Gasteiger partial charge on any atom is -0.350 e. The molecule has 2 amide bonds. The molecule has 0 aliphatic carbocycles. The number of halogens is 3. The number of hydrogen-bond acceptors (Lipinski definition) is 4. The maximum atomic E-state index is 13.8. The monoisotopic (exact) mass is 414 g/mol. The standard InChI is InChI=1S/C20H29F3N4O2/c1-13(19(29)24-15-7-6-14(21)17(22)18(15)23)27-9-5-8-26(10-11-27)12-16(28)25-20(2,3)4/h6-7,13H,5,8-12H2,1-4H3,(H,24,29)(H,25,28)/t13-/m1/s1. The quantitative estimate of drug-likeness (QED) is 0.726. The van der Waals surface area contributed by atoms with E-state index < -0.39 is 35.1 Å². The van der Waals surface area contributed by atoms with E-state index in [1.165, 1.54) is 0 Å². The summed E-state index contributed by atoms with van der Waals surface area (Å²) in [5.41, 5.74) is -0.688. The second-order valence-electron chi connectivity index (χ2n) is 8.35. The molecule has 9 heteroatoms. The third-order valence-electron chi connectivity index (χ3n) is 4.72. The summed E-state index contributed by atoms with van der Waals surface area (Å²) in [6.07, 6.45) is 0.764. The molecule has 1 fully saturated rings. The molecule has 0 radical (unpaired) electrons. The van der Waals surface area contributed by atoms with Gasteiger partial charge in [0.1, 0.15) is 0 Å². The van der Waals surface area contributed by atoms with E-state index >= 15 is 0 Å². The van der Waals surface area contributed by atoms with Crippen molar-refractivity contribution in [2.24, 2.45) is 0 Å². The van der Waals surface area contributed by atoms with E-state index in [4.69, 9.17) is 0 Å². The van der Waals surface area contributed by atoms with Gasteiger partial charge in [0, 0.05) is 25.2 Å². The van der Waals surface area contributed by atoms with E-state index in [-0.39, 0.29) is 18.0 Å². The summed E-state index contributed by atoms with van der Waals surface area (Å²) in [5.74, 6) is -4.90. The van der Waals surface area contributed by atoms with Crippen molar-refractivity contribution in [3.05, 3.63) is 29.6 Å². The van der Waals surface area contributed by atoms with Gasteiger partial charge in [-0.05, 0) is 52.8 Å². The Morgan fingerprint density at radius 1 is 1.07 bits per heavy atom. The number of rotatable bonds is 5. The maximum Gasteiger partial charge on any atom is 0.241 e. The Hall–Kier alpha value is -2.13. The molecule has 6 nitrogen and oxygen atoms in total. The number of carbonyl (C=O) groups excluding carboxylic acids is 2. The molecule has 1 heterocycles. The van der Waals surface area contributed by atoms with Crippen LogP contribution in [-0.2, 0) is 9.59 Å². The van der Waals surface area contributed by atoms with Crippen LogP contribution in [0.4, 0.5) is 18.9 Å². The van der Waals surface area contributed by atoms with Crippen LogP contribution in [0.2, 0.25) is 0 Å². The Morgan fingerprint density at radius 3 is 2.41 bits per heavy atom. The van der Waals surface area contributed by atoms with Crippen LogP contribution in [0.3, 0.4) is 0 Å². The molecule has 1 aromatic rings. The van der Waals surface area contributed by atoms with Gasteiger partial charge in [-0.25, -0.2) is 13.2 Å². The summed E-state index contributed by atoms with van der Waals surface area (Å²) < 4.78 is 40.2. The van der Waals surface area contributed by atoms with Crippen molar-refractivity contribution in [3.63, 3.8) is 0 Å². The van der Waals surface area contributed by atoms with Crippen molar-refractivity contribution in [2.45, 2.75) is 45.7 Å². The minimum absolute atomic E-state index is 0.0504. The molecule has 2 N–H and O–H groups in total. The van der Waals surface area contributed by atoms with Gasteiger partial charge in [-0.1, -0.05) is 0 Å². The van der Waals surface area contributed by atoms with Crippen molar-refractivity contribution in [3.8, 4) is 0 Å². The Bertz CT molecular complexity index is 752. The highest BCUT2D eigenvalue weighted by atomic mass is 19.2. The molecule has 1 atom stereocenters. The predicted octanol–water partition coefficient (Wildman–Crippen LogP) is 2.35. The lowest BCUT2D eigenvalue weighted by molar-refractivity contribution is -0.124. The van der Waals surface area contributed by atoms with E-state index in [0.717, 1.165) is 25.1 Å². The lowest BCUT2D eigenvalue weighted by atomic mass is 10.1. The highest BCUT2D eigenvalue weighted by molar-refractivity contribution is 5.94. The first-order chi connectivity index (χ1) is 13.5. The summed E-state index contributed by atoms with van der Waals surface area (Å²) in [7, 11) is 0. The molecule has 0 bridgehead atoms. The second-order valence-corrected chi connectivity index (χ2v) is 8.35. The summed E-state index contributed by atoms with van der Waals surface area (Å²) in [6.45, 7) is 10.2. The number of amides is 2. The molecule has 1 saturated heterocycles. The Morgan fingerprint density at radius 2 is 1.76 bits per heavy atom. The van der Waals surface area contributed by atoms with Gasteiger partial charge >= 0.3 is 0 Å². The smallest absolute Gasteiger partial charge is 0.241 e. The van der Waals surface area contributed by atoms with E-state index in [1.807, 2.05) is 30.6 Å². The van der Waals surface area contributed by atoms with Crippen LogP contribution in [0.1, 0.15) is 34.1 Å². The zero-order valence-electron chi connectivity index (χ0n) is 17.3. The molecular weight excluding hydrogens is 385 g/mol. The number of benzene rings is 1. The molecule has 0 unspecified atom stereocenters. The van der Waals surface area contributed by atoms with Gasteiger partial charge in [0.05, 0.1) is 18.3 Å². The molecule has 0 spiro atoms. The van der Waals surface area contributed by atoms with Crippen LogP contribution in [0.15, 0.2) is 12.1 Å². The zero-order chi connectivity index (χ0) is 21.8. The number of anilines is 1. The average Bonchev–Trinajstić information content (AvgIpc) is 2.85. The second kappa shape index (κ2) is 9.58. The Labute approximate surface area is 169 Å². The zero-order valence-corrected chi connectivity index (χ0v) is 17.3. The van der Waals surface area contributed by atoms with Gasteiger partial charge < -0.3 is 10.6 Å². The van der Waals surface area contributed by atoms with Gasteiger partial charge in [0.15, 0.2) is 17.5 Å². The fraction of sp³-hybridized carbons (Fsp3) is 0.600. The van der Waals surface area contributed by atoms with Gasteiger partial charge in [0.2, 0.25) is 11.8 Å². The first kappa shape index (κ1) is 23.2. The summed E-state index contributed by atoms with van der Waals surface area (Å²) >= 11 is 0. The number of carbonyl (C=O) groups is 2. The largest absolute Gasteiger partial charge is 0.350 e. The van der Waals surface area contributed by atoms with Gasteiger partial charge in [-0.3, -0.25) is 19.4 Å². The third kappa shape index (κ3) is 6.71. The Balaban J connectivity index is 1.91. The fourth-order valence-electron chi connectivity index (χ4n) is 3.22. The van der Waals surface area contributed by atoms with Crippen molar-refractivity contribution in [1.29, 1.82) is 0 Å². The lowest BCUT2D eigenvalue weighted by Gasteiger charge is -2.27. The van der Waals surface area contributed by atoms with Crippen LogP contribution >= 0.6 is 0 Å². The van der Waals surface area contributed by atoms with Crippen molar-refractivity contribution < 1.29 is 22.8 Å². The van der Waals surface area contributed by atoms with Crippen LogP contribution in [0.5, 0.6) is 0 Å². The highest BCUT2D eigenvalue weighted by Gasteiger charge is 2.26. The first-order valence-electron chi connectivity index (χ1n) is 9.69. The van der Waals surface area contributed by atoms with E-state index in [2.05, 4.69) is 10.6 Å². The predicted molar refractivity (Wildman–Crippen MR) is 105 cm³/mol. The maximum absolute atomic E-state index is 13.8. The third-order valence-corrected chi connectivity index (χ3v) is 4.72. The van der Waals surface area contributed by atoms with E-state index in [9.17, 15) is 22.8 Å². The van der Waals surface area contributed by atoms with Gasteiger partial charge in [-0.15, -0.1) is 0 Å². The lowest BCUT2D eigenvalue weighted by Crippen LogP contribution is -2.47. The molecule has 29 heavy (non-hydrogen) atoms. The fourth-order valence-corrected chi connectivity index (χ4v) is 3.22. The van der Waals surface area contributed by atoms with E-state index in [0.29, 0.717) is 19.6 Å². The summed E-state index contributed by atoms with van der Waals surface area (Å²) in [4.78, 5) is 28.6. The van der Waals surface area contributed by atoms with Gasteiger partial charge in [0.25, 0.3) is 0 Å². The summed E-state index contributed by atoms with van der Waals surface area (Å²) in [5, 5.41) is 5.25. The molecule has 0 aromatic heterocycles. The van der Waals surface area contributed by atoms with Crippen LogP contribution in [-0.4, -0.2) is 65.9 Å². The topological polar surface area (TPSA) is 64.7 Å². The highest BCUT2D eigenvalue weighted by Crippen LogP contribution is 2.20. The summed E-state index contributed by atoms with van der Waals surface area (Å²) in [6, 6.07) is 1.17. The molecule has 162 valence electrons. The number of nitrogens with one attached hydrogen (secondary N) is 2. The molecule has 0 saturated carbocycles. The molecule has 2 rings (SSSR count). The molecular formula is C20H29F3N4O2. The number of hydrogen-bond donors (Lipinski definition) is 2. The Kier molecular flexibility index (Phi) is 7.65. The molecule has 1 aromatic carbocycles. The molecule has 1 aliphatic heterocycles.